The van der Waals surface area contributed by atoms with Crippen molar-refractivity contribution in [3.05, 3.63) is 72.2 Å². The summed E-state index contributed by atoms with van der Waals surface area (Å²) in [5.74, 6) is 0.449. The highest BCUT2D eigenvalue weighted by Crippen LogP contribution is 2.37. The maximum absolute atomic E-state index is 11.4. The van der Waals surface area contributed by atoms with Gasteiger partial charge in [0.05, 0.1) is 17.8 Å². The van der Waals surface area contributed by atoms with Crippen LogP contribution in [0, 0.1) is 0 Å². The molecule has 0 amide bonds. The third-order valence-electron chi connectivity index (χ3n) is 6.54. The van der Waals surface area contributed by atoms with E-state index >= 15 is 0 Å². The average molecular weight is 459 g/mol. The number of carbonyl (C=O) groups excluding carboxylic acids is 1. The van der Waals surface area contributed by atoms with Gasteiger partial charge in [-0.25, -0.2) is 4.98 Å². The number of nitrogens with zero attached hydrogens (tertiary/aromatic N) is 3. The fraction of sp³-hybridized carbons (Fsp3) is 0.269. The molecular formula is C26H30N4O2Si. The van der Waals surface area contributed by atoms with Crippen molar-refractivity contribution in [1.82, 2.24) is 14.5 Å². The van der Waals surface area contributed by atoms with Crippen molar-refractivity contribution in [2.24, 2.45) is 0 Å². The Balaban J connectivity index is 1.76. The van der Waals surface area contributed by atoms with Crippen LogP contribution in [0.5, 0.6) is 0 Å². The van der Waals surface area contributed by atoms with Gasteiger partial charge in [0, 0.05) is 29.0 Å². The number of aldehydes is 1. The van der Waals surface area contributed by atoms with E-state index in [1.54, 1.807) is 18.5 Å². The summed E-state index contributed by atoms with van der Waals surface area (Å²) in [5.41, 5.74) is 11.3. The van der Waals surface area contributed by atoms with Crippen molar-refractivity contribution in [1.29, 1.82) is 0 Å². The number of hydrogen-bond acceptors (Lipinski definition) is 5. The van der Waals surface area contributed by atoms with Gasteiger partial charge >= 0.3 is 0 Å². The molecule has 0 saturated heterocycles. The molecule has 0 radical (unpaired) electrons. The molecule has 0 atom stereocenters. The van der Waals surface area contributed by atoms with Crippen LogP contribution in [-0.2, 0) is 11.0 Å². The van der Waals surface area contributed by atoms with Crippen LogP contribution in [-0.4, -0.2) is 29.1 Å². The molecular weight excluding hydrogens is 428 g/mol. The molecule has 0 bridgehead atoms. The summed E-state index contributed by atoms with van der Waals surface area (Å²) >= 11 is 0. The molecule has 3 aromatic heterocycles. The number of nitrogens with two attached hydrogens (primary N) is 1. The lowest BCUT2D eigenvalue weighted by atomic mass is 10.1. The van der Waals surface area contributed by atoms with E-state index in [1.807, 2.05) is 18.2 Å². The Bertz CT molecular complexity index is 1300. The van der Waals surface area contributed by atoms with Crippen molar-refractivity contribution in [2.45, 2.75) is 45.5 Å². The van der Waals surface area contributed by atoms with Crippen LogP contribution >= 0.6 is 0 Å². The van der Waals surface area contributed by atoms with Crippen LogP contribution in [0.1, 0.15) is 36.8 Å². The van der Waals surface area contributed by atoms with Crippen LogP contribution in [0.25, 0.3) is 27.8 Å². The second-order valence-corrected chi connectivity index (χ2v) is 14.6. The minimum Gasteiger partial charge on any atom is -0.413 e. The predicted octanol–water partition coefficient (Wildman–Crippen LogP) is 6.00. The van der Waals surface area contributed by atoms with Gasteiger partial charge < -0.3 is 14.7 Å². The van der Waals surface area contributed by atoms with Crippen molar-refractivity contribution >= 4 is 31.3 Å². The number of benzene rings is 1. The molecule has 0 aliphatic heterocycles. The monoisotopic (exact) mass is 458 g/mol. The zero-order valence-corrected chi connectivity index (χ0v) is 20.8. The molecule has 0 unspecified atom stereocenters. The van der Waals surface area contributed by atoms with Gasteiger partial charge in [0.1, 0.15) is 11.5 Å². The number of nitrogen functional groups attached to an aromatic ring is 1. The lowest BCUT2D eigenvalue weighted by molar-refractivity contribution is 0.111. The van der Waals surface area contributed by atoms with E-state index in [0.717, 1.165) is 39.7 Å². The van der Waals surface area contributed by atoms with Gasteiger partial charge in [-0.15, -0.1) is 0 Å². The van der Waals surface area contributed by atoms with E-state index in [9.17, 15) is 4.79 Å². The second-order valence-electron chi connectivity index (χ2n) is 9.80. The first-order valence-electron chi connectivity index (χ1n) is 11.0. The molecule has 6 nitrogen and oxygen atoms in total. The SMILES string of the molecule is CC(C)(C)[Si](C)(C)OCc1ccc(-n2c(-c3cccnc3N)cc3cnc(C=O)cc32)cc1. The van der Waals surface area contributed by atoms with E-state index in [-0.39, 0.29) is 5.04 Å². The Labute approximate surface area is 195 Å². The van der Waals surface area contributed by atoms with E-state index in [0.29, 0.717) is 18.1 Å². The Morgan fingerprint density at radius 2 is 1.82 bits per heavy atom. The second kappa shape index (κ2) is 8.57. The maximum Gasteiger partial charge on any atom is 0.192 e. The zero-order chi connectivity index (χ0) is 23.8. The molecule has 0 fully saturated rings. The standard InChI is InChI=1S/C26H30N4O2Si/c1-26(2,3)33(4,5)32-17-18-8-10-21(11-9-18)30-23-14-20(16-31)29-15-19(23)13-24(30)22-7-6-12-28-25(22)27/h6-16H,17H2,1-5H3,(H2,27,28). The topological polar surface area (TPSA) is 83.0 Å². The van der Waals surface area contributed by atoms with Gasteiger partial charge in [-0.05, 0) is 60.1 Å². The summed E-state index contributed by atoms with van der Waals surface area (Å²) in [5, 5.41) is 1.09. The smallest absolute Gasteiger partial charge is 0.192 e. The van der Waals surface area contributed by atoms with Gasteiger partial charge in [0.2, 0.25) is 0 Å². The molecule has 1 aromatic carbocycles. The van der Waals surface area contributed by atoms with Gasteiger partial charge in [0.15, 0.2) is 14.6 Å². The van der Waals surface area contributed by atoms with Gasteiger partial charge in [0.25, 0.3) is 0 Å². The minimum absolute atomic E-state index is 0.167. The molecule has 33 heavy (non-hydrogen) atoms. The van der Waals surface area contributed by atoms with Crippen LogP contribution < -0.4 is 5.73 Å². The van der Waals surface area contributed by atoms with Crippen LogP contribution in [0.15, 0.2) is 60.9 Å². The zero-order valence-electron chi connectivity index (χ0n) is 19.8. The van der Waals surface area contributed by atoms with Gasteiger partial charge in [-0.3, -0.25) is 9.78 Å². The summed E-state index contributed by atoms with van der Waals surface area (Å²) in [6.45, 7) is 11.8. The molecule has 7 heteroatoms. The van der Waals surface area contributed by atoms with E-state index < -0.39 is 8.32 Å². The number of hydrogen-bond donors (Lipinski definition) is 1. The molecule has 0 saturated carbocycles. The summed E-state index contributed by atoms with van der Waals surface area (Å²) in [6, 6.07) is 16.0. The Morgan fingerprint density at radius 1 is 1.09 bits per heavy atom. The van der Waals surface area contributed by atoms with Gasteiger partial charge in [-0.2, -0.15) is 0 Å². The molecule has 2 N–H and O–H groups in total. The third kappa shape index (κ3) is 4.47. The minimum atomic E-state index is -1.83. The first kappa shape index (κ1) is 22.9. The Kier molecular flexibility index (Phi) is 5.94. The summed E-state index contributed by atoms with van der Waals surface area (Å²) < 4.78 is 8.47. The lowest BCUT2D eigenvalue weighted by Crippen LogP contribution is -2.40. The van der Waals surface area contributed by atoms with E-state index in [4.69, 9.17) is 10.2 Å². The van der Waals surface area contributed by atoms with Crippen LogP contribution in [0.2, 0.25) is 18.1 Å². The number of fused-ring (bicyclic) bond motifs is 1. The molecule has 4 aromatic rings. The van der Waals surface area contributed by atoms with Crippen LogP contribution in [0.4, 0.5) is 5.82 Å². The Hall–Kier alpha value is -3.29. The molecule has 3 heterocycles. The predicted molar refractivity (Wildman–Crippen MR) is 136 cm³/mol. The van der Waals surface area contributed by atoms with Crippen molar-refractivity contribution in [2.75, 3.05) is 5.73 Å². The van der Waals surface area contributed by atoms with Crippen LogP contribution in [0.3, 0.4) is 0 Å². The highest BCUT2D eigenvalue weighted by molar-refractivity contribution is 6.74. The van der Waals surface area contributed by atoms with E-state index in [1.165, 1.54) is 0 Å². The van der Waals surface area contributed by atoms with E-state index in [2.05, 4.69) is 72.7 Å². The molecule has 0 aliphatic carbocycles. The van der Waals surface area contributed by atoms with Crippen molar-refractivity contribution in [3.63, 3.8) is 0 Å². The lowest BCUT2D eigenvalue weighted by Gasteiger charge is -2.36. The number of anilines is 1. The molecule has 0 aliphatic rings. The first-order valence-corrected chi connectivity index (χ1v) is 13.9. The van der Waals surface area contributed by atoms with Crippen molar-refractivity contribution in [3.8, 4) is 16.9 Å². The maximum atomic E-state index is 11.4. The molecule has 0 spiro atoms. The highest BCUT2D eigenvalue weighted by Gasteiger charge is 2.37. The molecule has 4 rings (SSSR count). The highest BCUT2D eigenvalue weighted by atomic mass is 28.4. The number of rotatable bonds is 6. The first-order chi connectivity index (χ1) is 15.6. The summed E-state index contributed by atoms with van der Waals surface area (Å²) in [6.07, 6.45) is 4.15. The summed E-state index contributed by atoms with van der Waals surface area (Å²) in [7, 11) is -1.83. The average Bonchev–Trinajstić information content (AvgIpc) is 3.16. The normalized spacial score (nSPS) is 12.3. The van der Waals surface area contributed by atoms with Gasteiger partial charge in [-0.1, -0.05) is 32.9 Å². The summed E-state index contributed by atoms with van der Waals surface area (Å²) in [4.78, 5) is 19.9. The van der Waals surface area contributed by atoms with Crippen molar-refractivity contribution < 1.29 is 9.22 Å². The number of pyridine rings is 2. The fourth-order valence-corrected chi connectivity index (χ4v) is 4.47. The quantitative estimate of drug-likeness (QED) is 0.283. The molecule has 170 valence electrons. The Morgan fingerprint density at radius 3 is 2.45 bits per heavy atom. The fourth-order valence-electron chi connectivity index (χ4n) is 3.51. The number of aromatic nitrogens is 3. The number of carbonyl (C=O) groups is 1. The largest absolute Gasteiger partial charge is 0.413 e. The third-order valence-corrected chi connectivity index (χ3v) is 11.0.